The van der Waals surface area contributed by atoms with Gasteiger partial charge in [0.15, 0.2) is 0 Å². The predicted octanol–water partition coefficient (Wildman–Crippen LogP) is 2.47. The lowest BCUT2D eigenvalue weighted by molar-refractivity contribution is -0.138. The standard InChI is InChI=1S/C14H19N3O2/c1-2-19-14(18)10-6-3-4-7-11(10)17-12-8-5-9-16-13(12)15/h5,8-9,17H,2-4,6-7H2,1H3,(H2,15,16). The third kappa shape index (κ3) is 3.24. The quantitative estimate of drug-likeness (QED) is 0.814. The highest BCUT2D eigenvalue weighted by molar-refractivity contribution is 5.90. The van der Waals surface area contributed by atoms with E-state index in [1.165, 1.54) is 0 Å². The summed E-state index contributed by atoms with van der Waals surface area (Å²) in [5.41, 5.74) is 8.18. The fourth-order valence-electron chi connectivity index (χ4n) is 2.17. The van der Waals surface area contributed by atoms with Crippen molar-refractivity contribution < 1.29 is 9.53 Å². The van der Waals surface area contributed by atoms with Gasteiger partial charge in [0.2, 0.25) is 0 Å². The van der Waals surface area contributed by atoms with E-state index in [1.54, 1.807) is 6.20 Å². The fourth-order valence-corrected chi connectivity index (χ4v) is 2.17. The molecular weight excluding hydrogens is 242 g/mol. The Bertz CT molecular complexity index is 497. The molecule has 0 aliphatic heterocycles. The fraction of sp³-hybridized carbons (Fsp3) is 0.429. The molecule has 0 bridgehead atoms. The average Bonchev–Trinajstić information content (AvgIpc) is 2.42. The van der Waals surface area contributed by atoms with E-state index in [-0.39, 0.29) is 5.97 Å². The number of carbonyl (C=O) groups excluding carboxylic acids is 1. The Morgan fingerprint density at radius 3 is 3.00 bits per heavy atom. The zero-order valence-electron chi connectivity index (χ0n) is 11.1. The first-order valence-electron chi connectivity index (χ1n) is 6.59. The van der Waals surface area contributed by atoms with Crippen molar-refractivity contribution in [1.82, 2.24) is 4.98 Å². The third-order valence-electron chi connectivity index (χ3n) is 3.11. The number of esters is 1. The first-order valence-corrected chi connectivity index (χ1v) is 6.59. The Hall–Kier alpha value is -2.04. The molecule has 0 saturated heterocycles. The molecule has 1 aromatic heterocycles. The molecule has 1 heterocycles. The molecule has 1 aliphatic rings. The monoisotopic (exact) mass is 261 g/mol. The van der Waals surface area contributed by atoms with E-state index in [0.717, 1.165) is 42.6 Å². The molecule has 19 heavy (non-hydrogen) atoms. The number of nitrogens with zero attached hydrogens (tertiary/aromatic N) is 1. The summed E-state index contributed by atoms with van der Waals surface area (Å²) >= 11 is 0. The highest BCUT2D eigenvalue weighted by atomic mass is 16.5. The van der Waals surface area contributed by atoms with Gasteiger partial charge < -0.3 is 15.8 Å². The molecule has 0 amide bonds. The van der Waals surface area contributed by atoms with E-state index in [2.05, 4.69) is 10.3 Å². The Morgan fingerprint density at radius 1 is 1.47 bits per heavy atom. The molecule has 0 spiro atoms. The molecular formula is C14H19N3O2. The van der Waals surface area contributed by atoms with Crippen molar-refractivity contribution in [3.05, 3.63) is 29.6 Å². The molecule has 1 aromatic rings. The minimum Gasteiger partial charge on any atom is -0.463 e. The highest BCUT2D eigenvalue weighted by Gasteiger charge is 2.20. The van der Waals surface area contributed by atoms with Crippen LogP contribution in [0.3, 0.4) is 0 Å². The van der Waals surface area contributed by atoms with Gasteiger partial charge in [-0.25, -0.2) is 9.78 Å². The maximum atomic E-state index is 11.9. The normalized spacial score (nSPS) is 15.2. The van der Waals surface area contributed by atoms with Gasteiger partial charge in [-0.1, -0.05) is 0 Å². The van der Waals surface area contributed by atoms with E-state index >= 15 is 0 Å². The first-order chi connectivity index (χ1) is 9.22. The van der Waals surface area contributed by atoms with E-state index in [9.17, 15) is 4.79 Å². The van der Waals surface area contributed by atoms with Gasteiger partial charge in [0.1, 0.15) is 5.82 Å². The van der Waals surface area contributed by atoms with Crippen molar-refractivity contribution in [2.45, 2.75) is 32.6 Å². The molecule has 0 radical (unpaired) electrons. The largest absolute Gasteiger partial charge is 0.463 e. The van der Waals surface area contributed by atoms with Crippen LogP contribution in [0.4, 0.5) is 11.5 Å². The number of hydrogen-bond acceptors (Lipinski definition) is 5. The van der Waals surface area contributed by atoms with Crippen molar-refractivity contribution in [3.8, 4) is 0 Å². The summed E-state index contributed by atoms with van der Waals surface area (Å²) in [6, 6.07) is 3.67. The Kier molecular flexibility index (Phi) is 4.39. The summed E-state index contributed by atoms with van der Waals surface area (Å²) in [6.07, 6.45) is 5.30. The summed E-state index contributed by atoms with van der Waals surface area (Å²) in [6.45, 7) is 2.21. The zero-order valence-corrected chi connectivity index (χ0v) is 11.1. The highest BCUT2D eigenvalue weighted by Crippen LogP contribution is 2.28. The second-order valence-corrected chi connectivity index (χ2v) is 4.45. The van der Waals surface area contributed by atoms with Crippen molar-refractivity contribution in [2.24, 2.45) is 0 Å². The molecule has 102 valence electrons. The lowest BCUT2D eigenvalue weighted by Gasteiger charge is -2.21. The molecule has 0 saturated carbocycles. The van der Waals surface area contributed by atoms with Crippen LogP contribution < -0.4 is 11.1 Å². The van der Waals surface area contributed by atoms with E-state index in [1.807, 2.05) is 19.1 Å². The third-order valence-corrected chi connectivity index (χ3v) is 3.11. The number of ether oxygens (including phenoxy) is 1. The minimum atomic E-state index is -0.229. The zero-order chi connectivity index (χ0) is 13.7. The van der Waals surface area contributed by atoms with Gasteiger partial charge in [0.05, 0.1) is 17.9 Å². The lowest BCUT2D eigenvalue weighted by atomic mass is 9.96. The molecule has 5 nitrogen and oxygen atoms in total. The number of nitrogens with two attached hydrogens (primary N) is 1. The number of anilines is 2. The second kappa shape index (κ2) is 6.22. The van der Waals surface area contributed by atoms with Crippen LogP contribution in [-0.2, 0) is 9.53 Å². The molecule has 0 atom stereocenters. The smallest absolute Gasteiger partial charge is 0.335 e. The number of nitrogen functional groups attached to an aromatic ring is 1. The summed E-state index contributed by atoms with van der Waals surface area (Å²) in [5, 5.41) is 3.23. The SMILES string of the molecule is CCOC(=O)C1=C(Nc2cccnc2N)CCCC1. The molecule has 0 unspecified atom stereocenters. The number of nitrogens with one attached hydrogen (secondary N) is 1. The van der Waals surface area contributed by atoms with Gasteiger partial charge in [0, 0.05) is 11.9 Å². The maximum Gasteiger partial charge on any atom is 0.335 e. The summed E-state index contributed by atoms with van der Waals surface area (Å²) in [7, 11) is 0. The van der Waals surface area contributed by atoms with Gasteiger partial charge in [-0.15, -0.1) is 0 Å². The topological polar surface area (TPSA) is 77.2 Å². The number of rotatable bonds is 4. The Balaban J connectivity index is 2.23. The van der Waals surface area contributed by atoms with Gasteiger partial charge in [0.25, 0.3) is 0 Å². The summed E-state index contributed by atoms with van der Waals surface area (Å²) < 4.78 is 5.10. The molecule has 0 aromatic carbocycles. The van der Waals surface area contributed by atoms with E-state index in [4.69, 9.17) is 10.5 Å². The van der Waals surface area contributed by atoms with Gasteiger partial charge in [-0.3, -0.25) is 0 Å². The lowest BCUT2D eigenvalue weighted by Crippen LogP contribution is -2.17. The molecule has 5 heteroatoms. The molecule has 3 N–H and O–H groups in total. The van der Waals surface area contributed by atoms with Crippen molar-refractivity contribution in [3.63, 3.8) is 0 Å². The molecule has 2 rings (SSSR count). The van der Waals surface area contributed by atoms with Crippen LogP contribution in [0.15, 0.2) is 29.6 Å². The molecule has 1 aliphatic carbocycles. The van der Waals surface area contributed by atoms with Crippen LogP contribution in [0.2, 0.25) is 0 Å². The van der Waals surface area contributed by atoms with Crippen LogP contribution in [0.5, 0.6) is 0 Å². The van der Waals surface area contributed by atoms with Crippen LogP contribution in [-0.4, -0.2) is 17.6 Å². The van der Waals surface area contributed by atoms with Crippen LogP contribution >= 0.6 is 0 Å². The van der Waals surface area contributed by atoms with Crippen molar-refractivity contribution in [2.75, 3.05) is 17.7 Å². The number of carbonyl (C=O) groups is 1. The van der Waals surface area contributed by atoms with Crippen molar-refractivity contribution >= 4 is 17.5 Å². The maximum absolute atomic E-state index is 11.9. The molecule has 0 fully saturated rings. The average molecular weight is 261 g/mol. The van der Waals surface area contributed by atoms with Crippen molar-refractivity contribution in [1.29, 1.82) is 0 Å². The van der Waals surface area contributed by atoms with E-state index in [0.29, 0.717) is 12.4 Å². The minimum absolute atomic E-state index is 0.229. The number of hydrogen-bond donors (Lipinski definition) is 2. The van der Waals surface area contributed by atoms with Crippen LogP contribution in [0.1, 0.15) is 32.6 Å². The van der Waals surface area contributed by atoms with Crippen LogP contribution in [0, 0.1) is 0 Å². The second-order valence-electron chi connectivity index (χ2n) is 4.45. The Morgan fingerprint density at radius 2 is 2.26 bits per heavy atom. The first kappa shape index (κ1) is 13.4. The number of aromatic nitrogens is 1. The number of pyridine rings is 1. The predicted molar refractivity (Wildman–Crippen MR) is 74.4 cm³/mol. The Labute approximate surface area is 112 Å². The summed E-state index contributed by atoms with van der Waals surface area (Å²) in [5.74, 6) is 0.205. The van der Waals surface area contributed by atoms with Gasteiger partial charge >= 0.3 is 5.97 Å². The number of allylic oxidation sites excluding steroid dienone is 1. The van der Waals surface area contributed by atoms with Gasteiger partial charge in [-0.05, 0) is 44.7 Å². The van der Waals surface area contributed by atoms with E-state index < -0.39 is 0 Å². The van der Waals surface area contributed by atoms with Crippen LogP contribution in [0.25, 0.3) is 0 Å². The summed E-state index contributed by atoms with van der Waals surface area (Å²) in [4.78, 5) is 15.9. The van der Waals surface area contributed by atoms with Gasteiger partial charge in [-0.2, -0.15) is 0 Å².